The average molecular weight is 320 g/mol. The van der Waals surface area contributed by atoms with Gasteiger partial charge in [-0.05, 0) is 75.7 Å². The van der Waals surface area contributed by atoms with Gasteiger partial charge >= 0.3 is 0 Å². The first-order chi connectivity index (χ1) is 11.2. The van der Waals surface area contributed by atoms with E-state index in [1.54, 1.807) is 0 Å². The first-order valence-corrected chi connectivity index (χ1v) is 9.82. The Balaban J connectivity index is 1.18. The number of amides is 1. The Bertz CT molecular complexity index is 396. The van der Waals surface area contributed by atoms with Crippen molar-refractivity contribution in [2.24, 2.45) is 17.8 Å². The molecular weight excluding hydrogens is 288 g/mol. The summed E-state index contributed by atoms with van der Waals surface area (Å²) in [6.45, 7) is 4.96. The number of nitrogens with one attached hydrogen (secondary N) is 1. The summed E-state index contributed by atoms with van der Waals surface area (Å²) in [7, 11) is 0. The lowest BCUT2D eigenvalue weighted by Gasteiger charge is -2.56. The van der Waals surface area contributed by atoms with Gasteiger partial charge in [0.1, 0.15) is 0 Å². The van der Waals surface area contributed by atoms with Crippen molar-refractivity contribution in [3.8, 4) is 0 Å². The highest BCUT2D eigenvalue weighted by Gasteiger charge is 2.51. The van der Waals surface area contributed by atoms with Gasteiger partial charge in [-0.3, -0.25) is 9.69 Å². The highest BCUT2D eigenvalue weighted by atomic mass is 16.5. The fraction of sp³-hybridized carbons (Fsp3) is 0.947. The van der Waals surface area contributed by atoms with Crippen LogP contribution in [0.2, 0.25) is 0 Å². The quantitative estimate of drug-likeness (QED) is 0.765. The van der Waals surface area contributed by atoms with Gasteiger partial charge in [-0.25, -0.2) is 0 Å². The van der Waals surface area contributed by atoms with Crippen LogP contribution in [0, 0.1) is 17.8 Å². The number of ether oxygens (including phenoxy) is 1. The molecule has 0 aromatic carbocycles. The predicted octanol–water partition coefficient (Wildman–Crippen LogP) is 2.57. The van der Waals surface area contributed by atoms with Gasteiger partial charge in [0.2, 0.25) is 5.91 Å². The minimum atomic E-state index is 0.191. The van der Waals surface area contributed by atoms with Crippen LogP contribution in [0.25, 0.3) is 0 Å². The third kappa shape index (κ3) is 3.74. The molecule has 0 spiro atoms. The van der Waals surface area contributed by atoms with Crippen molar-refractivity contribution in [3.05, 3.63) is 0 Å². The monoisotopic (exact) mass is 320 g/mol. The van der Waals surface area contributed by atoms with Crippen molar-refractivity contribution in [3.63, 3.8) is 0 Å². The number of morpholine rings is 1. The molecule has 4 bridgehead atoms. The van der Waals surface area contributed by atoms with Crippen LogP contribution in [0.1, 0.15) is 57.8 Å². The van der Waals surface area contributed by atoms with E-state index >= 15 is 0 Å². The van der Waals surface area contributed by atoms with Gasteiger partial charge in [-0.2, -0.15) is 0 Å². The van der Waals surface area contributed by atoms with Crippen molar-refractivity contribution >= 4 is 5.91 Å². The first kappa shape index (κ1) is 15.9. The van der Waals surface area contributed by atoms with Crippen LogP contribution in [0.3, 0.4) is 0 Å². The molecule has 0 radical (unpaired) electrons. The fourth-order valence-electron chi connectivity index (χ4n) is 6.07. The summed E-state index contributed by atoms with van der Waals surface area (Å²) in [4.78, 5) is 14.9. The lowest BCUT2D eigenvalue weighted by molar-refractivity contribution is -0.127. The molecular formula is C19H32N2O2. The molecule has 4 saturated carbocycles. The van der Waals surface area contributed by atoms with E-state index in [9.17, 15) is 4.79 Å². The number of carbonyl (C=O) groups is 1. The lowest BCUT2D eigenvalue weighted by atomic mass is 9.53. The van der Waals surface area contributed by atoms with Gasteiger partial charge in [0, 0.05) is 25.0 Å². The number of carbonyl (C=O) groups excluding carboxylic acids is 1. The van der Waals surface area contributed by atoms with Crippen LogP contribution in [0.15, 0.2) is 0 Å². The van der Waals surface area contributed by atoms with Crippen LogP contribution < -0.4 is 5.32 Å². The van der Waals surface area contributed by atoms with E-state index in [0.29, 0.717) is 12.3 Å². The van der Waals surface area contributed by atoms with Crippen LogP contribution >= 0.6 is 0 Å². The molecule has 5 fully saturated rings. The summed E-state index contributed by atoms with van der Waals surface area (Å²) in [6.07, 6.45) is 11.0. The molecule has 1 heterocycles. The summed E-state index contributed by atoms with van der Waals surface area (Å²) < 4.78 is 5.37. The van der Waals surface area contributed by atoms with Crippen molar-refractivity contribution in [2.75, 3.05) is 32.8 Å². The maximum atomic E-state index is 12.4. The summed E-state index contributed by atoms with van der Waals surface area (Å²) in [5.74, 6) is 3.03. The standard InChI is InChI=1S/C19H32N2O2/c22-18(3-1-2-4-21-5-7-23-8-6-21)20-19-12-15-9-16(13-19)11-17(10-15)14-19/h15-17H,1-14H2,(H,20,22). The van der Waals surface area contributed by atoms with E-state index in [0.717, 1.165) is 63.4 Å². The van der Waals surface area contributed by atoms with Gasteiger partial charge in [0.25, 0.3) is 0 Å². The number of nitrogens with zero attached hydrogens (tertiary/aromatic N) is 1. The SMILES string of the molecule is O=C(CCCCN1CCOCC1)NC12CC3CC(CC(C3)C1)C2. The third-order valence-corrected chi connectivity index (χ3v) is 6.67. The molecule has 0 aromatic heterocycles. The highest BCUT2D eigenvalue weighted by molar-refractivity contribution is 5.76. The number of rotatable bonds is 6. The Kier molecular flexibility index (Phi) is 4.64. The van der Waals surface area contributed by atoms with E-state index in [-0.39, 0.29) is 5.54 Å². The zero-order chi connectivity index (χ0) is 15.7. The molecule has 1 N–H and O–H groups in total. The zero-order valence-corrected chi connectivity index (χ0v) is 14.4. The molecule has 1 aliphatic heterocycles. The Morgan fingerprint density at radius 3 is 2.22 bits per heavy atom. The summed E-state index contributed by atoms with van der Waals surface area (Å²) in [6, 6.07) is 0. The molecule has 130 valence electrons. The zero-order valence-electron chi connectivity index (χ0n) is 14.4. The fourth-order valence-corrected chi connectivity index (χ4v) is 6.07. The summed E-state index contributed by atoms with van der Waals surface area (Å²) >= 11 is 0. The maximum absolute atomic E-state index is 12.4. The van der Waals surface area contributed by atoms with E-state index in [1.807, 2.05) is 0 Å². The molecule has 0 atom stereocenters. The number of hydrogen-bond donors (Lipinski definition) is 1. The Hall–Kier alpha value is -0.610. The Morgan fingerprint density at radius 1 is 1.00 bits per heavy atom. The molecule has 5 rings (SSSR count). The van der Waals surface area contributed by atoms with Gasteiger partial charge in [-0.1, -0.05) is 0 Å². The molecule has 1 amide bonds. The van der Waals surface area contributed by atoms with Crippen molar-refractivity contribution in [2.45, 2.75) is 63.3 Å². The number of hydrogen-bond acceptors (Lipinski definition) is 3. The topological polar surface area (TPSA) is 41.6 Å². The van der Waals surface area contributed by atoms with Crippen LogP contribution in [0.4, 0.5) is 0 Å². The van der Waals surface area contributed by atoms with Gasteiger partial charge < -0.3 is 10.1 Å². The average Bonchev–Trinajstić information content (AvgIpc) is 2.51. The van der Waals surface area contributed by atoms with E-state index in [1.165, 1.54) is 38.5 Å². The van der Waals surface area contributed by atoms with E-state index in [4.69, 9.17) is 4.74 Å². The van der Waals surface area contributed by atoms with Crippen LogP contribution in [-0.4, -0.2) is 49.2 Å². The van der Waals surface area contributed by atoms with Gasteiger partial charge in [-0.15, -0.1) is 0 Å². The lowest BCUT2D eigenvalue weighted by Crippen LogP contribution is -2.59. The first-order valence-electron chi connectivity index (χ1n) is 9.82. The van der Waals surface area contributed by atoms with Gasteiger partial charge in [0.15, 0.2) is 0 Å². The van der Waals surface area contributed by atoms with Gasteiger partial charge in [0.05, 0.1) is 13.2 Å². The highest BCUT2D eigenvalue weighted by Crippen LogP contribution is 2.55. The normalized spacial score (nSPS) is 39.6. The molecule has 0 aromatic rings. The molecule has 4 aliphatic carbocycles. The molecule has 5 aliphatic rings. The van der Waals surface area contributed by atoms with E-state index < -0.39 is 0 Å². The van der Waals surface area contributed by atoms with Crippen molar-refractivity contribution < 1.29 is 9.53 Å². The maximum Gasteiger partial charge on any atom is 0.220 e. The Labute approximate surface area is 140 Å². The third-order valence-electron chi connectivity index (χ3n) is 6.67. The molecule has 0 unspecified atom stereocenters. The minimum Gasteiger partial charge on any atom is -0.379 e. The molecule has 23 heavy (non-hydrogen) atoms. The second-order valence-electron chi connectivity index (χ2n) is 8.66. The number of unbranched alkanes of at least 4 members (excludes halogenated alkanes) is 1. The minimum absolute atomic E-state index is 0.191. The van der Waals surface area contributed by atoms with Crippen molar-refractivity contribution in [1.29, 1.82) is 0 Å². The largest absolute Gasteiger partial charge is 0.379 e. The predicted molar refractivity (Wildman–Crippen MR) is 90.2 cm³/mol. The second kappa shape index (κ2) is 6.72. The molecule has 4 heteroatoms. The van der Waals surface area contributed by atoms with Crippen LogP contribution in [0.5, 0.6) is 0 Å². The summed E-state index contributed by atoms with van der Waals surface area (Å²) in [5.41, 5.74) is 0.191. The summed E-state index contributed by atoms with van der Waals surface area (Å²) in [5, 5.41) is 3.49. The smallest absolute Gasteiger partial charge is 0.220 e. The molecule has 1 saturated heterocycles. The van der Waals surface area contributed by atoms with Crippen LogP contribution in [-0.2, 0) is 9.53 Å². The van der Waals surface area contributed by atoms with Crippen molar-refractivity contribution in [1.82, 2.24) is 10.2 Å². The Morgan fingerprint density at radius 2 is 1.61 bits per heavy atom. The molecule has 4 nitrogen and oxygen atoms in total. The van der Waals surface area contributed by atoms with E-state index in [2.05, 4.69) is 10.2 Å². The second-order valence-corrected chi connectivity index (χ2v) is 8.66.